The van der Waals surface area contributed by atoms with Crippen molar-refractivity contribution in [1.29, 1.82) is 0 Å². The molecule has 112 valence electrons. The summed E-state index contributed by atoms with van der Waals surface area (Å²) in [6.07, 6.45) is 0. The van der Waals surface area contributed by atoms with Crippen LogP contribution in [0.1, 0.15) is 5.56 Å². The zero-order chi connectivity index (χ0) is 15.0. The molecule has 0 aliphatic rings. The molecule has 5 heteroatoms. The van der Waals surface area contributed by atoms with Crippen LogP contribution in [0.3, 0.4) is 0 Å². The first-order chi connectivity index (χ1) is 9.54. The third-order valence-corrected chi connectivity index (χ3v) is 2.66. The third kappa shape index (κ3) is 5.48. The molecule has 0 aromatic heterocycles. The maximum absolute atomic E-state index is 5.59. The molecule has 0 spiro atoms. The first-order valence-electron chi connectivity index (χ1n) is 6.64. The molecule has 0 fully saturated rings. The molecule has 20 heavy (non-hydrogen) atoms. The van der Waals surface area contributed by atoms with Crippen LogP contribution in [0.4, 0.5) is 0 Å². The van der Waals surface area contributed by atoms with Gasteiger partial charge >= 0.3 is 0 Å². The molecule has 0 aliphatic heterocycles. The van der Waals surface area contributed by atoms with Crippen molar-refractivity contribution in [2.75, 3.05) is 48.5 Å². The summed E-state index contributed by atoms with van der Waals surface area (Å²) in [4.78, 5) is 8.62. The Morgan fingerprint density at radius 1 is 1.10 bits per heavy atom. The first kappa shape index (κ1) is 16.3. The summed E-state index contributed by atoms with van der Waals surface area (Å²) in [5.74, 6) is 1.79. The smallest absolute Gasteiger partial charge is 0.195 e. The number of ether oxygens (including phenoxy) is 2. The monoisotopic (exact) mass is 279 g/mol. The maximum atomic E-state index is 5.59. The highest BCUT2D eigenvalue weighted by molar-refractivity contribution is 5.79. The van der Waals surface area contributed by atoms with Gasteiger partial charge in [0.2, 0.25) is 0 Å². The molecule has 0 saturated carbocycles. The molecule has 0 N–H and O–H groups in total. The Labute approximate surface area is 121 Å². The molecule has 0 radical (unpaired) electrons. The molecule has 0 heterocycles. The van der Waals surface area contributed by atoms with Crippen LogP contribution in [0.25, 0.3) is 0 Å². The molecule has 0 bridgehead atoms. The normalized spacial score (nSPS) is 10.1. The first-order valence-corrected chi connectivity index (χ1v) is 6.64. The fourth-order valence-electron chi connectivity index (χ4n) is 1.82. The van der Waals surface area contributed by atoms with Gasteiger partial charge in [-0.05, 0) is 17.7 Å². The zero-order valence-electron chi connectivity index (χ0n) is 13.1. The van der Waals surface area contributed by atoms with E-state index in [1.54, 1.807) is 7.11 Å². The number of aliphatic imine (C=N–C) groups is 1. The topological polar surface area (TPSA) is 37.3 Å². The lowest BCUT2D eigenvalue weighted by molar-refractivity contribution is 0.146. The van der Waals surface area contributed by atoms with Crippen molar-refractivity contribution >= 4 is 5.96 Å². The Bertz CT molecular complexity index is 421. The molecule has 1 aromatic carbocycles. The second-order valence-corrected chi connectivity index (χ2v) is 4.89. The average Bonchev–Trinajstić information content (AvgIpc) is 2.39. The quantitative estimate of drug-likeness (QED) is 0.451. The number of hydrogen-bond donors (Lipinski definition) is 0. The van der Waals surface area contributed by atoms with Gasteiger partial charge in [0.1, 0.15) is 12.4 Å². The van der Waals surface area contributed by atoms with Crippen LogP contribution in [-0.4, -0.2) is 64.3 Å². The fraction of sp³-hybridized carbons (Fsp3) is 0.533. The van der Waals surface area contributed by atoms with Gasteiger partial charge in [0, 0.05) is 35.3 Å². The molecular formula is C15H25N3O2. The van der Waals surface area contributed by atoms with Crippen LogP contribution in [0.5, 0.6) is 5.75 Å². The Morgan fingerprint density at radius 3 is 2.40 bits per heavy atom. The standard InChI is InChI=1S/C15H25N3O2/c1-17(2)15(18(3)4)16-12-13-7-6-8-14(11-13)20-10-9-19-5/h6-8,11H,9-10,12H2,1-5H3. The predicted molar refractivity (Wildman–Crippen MR) is 82.3 cm³/mol. The minimum atomic E-state index is 0.559. The largest absolute Gasteiger partial charge is 0.491 e. The predicted octanol–water partition coefficient (Wildman–Crippen LogP) is 1.69. The number of methoxy groups -OCH3 is 1. The zero-order valence-corrected chi connectivity index (χ0v) is 13.1. The molecule has 0 unspecified atom stereocenters. The molecule has 0 atom stereocenters. The van der Waals surface area contributed by atoms with Crippen LogP contribution in [-0.2, 0) is 11.3 Å². The van der Waals surface area contributed by atoms with Gasteiger partial charge < -0.3 is 19.3 Å². The van der Waals surface area contributed by atoms with E-state index >= 15 is 0 Å². The van der Waals surface area contributed by atoms with Crippen molar-refractivity contribution < 1.29 is 9.47 Å². The van der Waals surface area contributed by atoms with Crippen LogP contribution >= 0.6 is 0 Å². The van der Waals surface area contributed by atoms with E-state index in [1.165, 1.54) is 0 Å². The van der Waals surface area contributed by atoms with Gasteiger partial charge in [0.25, 0.3) is 0 Å². The molecular weight excluding hydrogens is 254 g/mol. The number of guanidine groups is 1. The minimum Gasteiger partial charge on any atom is -0.491 e. The summed E-state index contributed by atoms with van der Waals surface area (Å²) < 4.78 is 10.6. The second-order valence-electron chi connectivity index (χ2n) is 4.89. The number of hydrogen-bond acceptors (Lipinski definition) is 3. The van der Waals surface area contributed by atoms with Gasteiger partial charge in [-0.25, -0.2) is 4.99 Å². The van der Waals surface area contributed by atoms with Crippen LogP contribution in [0.15, 0.2) is 29.3 Å². The lowest BCUT2D eigenvalue weighted by Gasteiger charge is -2.22. The fourth-order valence-corrected chi connectivity index (χ4v) is 1.82. The molecule has 0 aliphatic carbocycles. The number of benzene rings is 1. The van der Waals surface area contributed by atoms with Gasteiger partial charge in [0.15, 0.2) is 5.96 Å². The molecule has 0 saturated heterocycles. The van der Waals surface area contributed by atoms with Crippen LogP contribution in [0.2, 0.25) is 0 Å². The Kier molecular flexibility index (Phi) is 6.87. The van der Waals surface area contributed by atoms with Gasteiger partial charge in [-0.15, -0.1) is 0 Å². The summed E-state index contributed by atoms with van der Waals surface area (Å²) in [5, 5.41) is 0. The van der Waals surface area contributed by atoms with E-state index in [4.69, 9.17) is 9.47 Å². The second kappa shape index (κ2) is 8.43. The van der Waals surface area contributed by atoms with Crippen LogP contribution in [0, 0.1) is 0 Å². The lowest BCUT2D eigenvalue weighted by atomic mass is 10.2. The summed E-state index contributed by atoms with van der Waals surface area (Å²) in [5.41, 5.74) is 1.13. The van der Waals surface area contributed by atoms with Crippen molar-refractivity contribution in [3.05, 3.63) is 29.8 Å². The summed E-state index contributed by atoms with van der Waals surface area (Å²) in [7, 11) is 9.62. The van der Waals surface area contributed by atoms with Gasteiger partial charge in [0.05, 0.1) is 13.2 Å². The van der Waals surface area contributed by atoms with E-state index in [1.807, 2.05) is 56.2 Å². The van der Waals surface area contributed by atoms with Gasteiger partial charge in [-0.2, -0.15) is 0 Å². The average molecular weight is 279 g/mol. The van der Waals surface area contributed by atoms with Crippen molar-refractivity contribution in [3.63, 3.8) is 0 Å². The Balaban J connectivity index is 2.67. The molecule has 1 aromatic rings. The Morgan fingerprint density at radius 2 is 1.80 bits per heavy atom. The summed E-state index contributed by atoms with van der Waals surface area (Å²) in [6, 6.07) is 8.00. The molecule has 5 nitrogen and oxygen atoms in total. The lowest BCUT2D eigenvalue weighted by Crippen LogP contribution is -2.35. The maximum Gasteiger partial charge on any atom is 0.195 e. The van der Waals surface area contributed by atoms with Gasteiger partial charge in [-0.1, -0.05) is 12.1 Å². The number of rotatable bonds is 6. The van der Waals surface area contributed by atoms with Crippen LogP contribution < -0.4 is 4.74 Å². The van der Waals surface area contributed by atoms with E-state index in [2.05, 4.69) is 11.1 Å². The third-order valence-electron chi connectivity index (χ3n) is 2.66. The number of nitrogens with zero attached hydrogens (tertiary/aromatic N) is 3. The highest BCUT2D eigenvalue weighted by Gasteiger charge is 2.04. The minimum absolute atomic E-state index is 0.559. The molecule has 0 amide bonds. The summed E-state index contributed by atoms with van der Waals surface area (Å²) in [6.45, 7) is 1.78. The Hall–Kier alpha value is -1.75. The SMILES string of the molecule is COCCOc1cccc(CN=C(N(C)C)N(C)C)c1. The van der Waals surface area contributed by atoms with E-state index in [0.717, 1.165) is 17.3 Å². The van der Waals surface area contributed by atoms with Gasteiger partial charge in [-0.3, -0.25) is 0 Å². The van der Waals surface area contributed by atoms with Crippen molar-refractivity contribution in [1.82, 2.24) is 9.80 Å². The summed E-state index contributed by atoms with van der Waals surface area (Å²) >= 11 is 0. The van der Waals surface area contributed by atoms with E-state index < -0.39 is 0 Å². The molecule has 1 rings (SSSR count). The van der Waals surface area contributed by atoms with E-state index in [0.29, 0.717) is 19.8 Å². The van der Waals surface area contributed by atoms with E-state index in [9.17, 15) is 0 Å². The van der Waals surface area contributed by atoms with Crippen molar-refractivity contribution in [2.45, 2.75) is 6.54 Å². The van der Waals surface area contributed by atoms with E-state index in [-0.39, 0.29) is 0 Å². The van der Waals surface area contributed by atoms with Crippen molar-refractivity contribution in [2.24, 2.45) is 4.99 Å². The highest BCUT2D eigenvalue weighted by Crippen LogP contribution is 2.14. The van der Waals surface area contributed by atoms with Crippen molar-refractivity contribution in [3.8, 4) is 5.75 Å². The highest BCUT2D eigenvalue weighted by atomic mass is 16.5.